The summed E-state index contributed by atoms with van der Waals surface area (Å²) in [6.45, 7) is 7.62. The number of hydrogen-bond donors (Lipinski definition) is 0. The van der Waals surface area contributed by atoms with E-state index in [2.05, 4.69) is 33.8 Å². The molecule has 0 N–H and O–H groups in total. The summed E-state index contributed by atoms with van der Waals surface area (Å²) in [7, 11) is 0. The molecule has 0 bridgehead atoms. The molecular weight excluding hydrogens is 314 g/mol. The first kappa shape index (κ1) is 15.8. The molecule has 0 spiro atoms. The number of thiazole rings is 1. The molecule has 1 fully saturated rings. The Morgan fingerprint density at radius 3 is 2.64 bits per heavy atom. The molecular formula is C17H22ClN3S. The second kappa shape index (κ2) is 7.44. The van der Waals surface area contributed by atoms with Gasteiger partial charge in [0.15, 0.2) is 0 Å². The van der Waals surface area contributed by atoms with Gasteiger partial charge in [-0.3, -0.25) is 4.90 Å². The van der Waals surface area contributed by atoms with Crippen molar-refractivity contribution in [2.24, 2.45) is 0 Å². The van der Waals surface area contributed by atoms with E-state index in [1.54, 1.807) is 0 Å². The van der Waals surface area contributed by atoms with E-state index in [1.807, 2.05) is 29.7 Å². The zero-order valence-electron chi connectivity index (χ0n) is 13.0. The molecule has 118 valence electrons. The number of anilines is 1. The molecule has 1 aromatic heterocycles. The Kier molecular flexibility index (Phi) is 5.34. The fraction of sp³-hybridized carbons (Fsp3) is 0.471. The van der Waals surface area contributed by atoms with Crippen LogP contribution in [-0.2, 0) is 6.42 Å². The molecule has 5 heteroatoms. The average molecular weight is 336 g/mol. The molecule has 1 aromatic carbocycles. The summed E-state index contributed by atoms with van der Waals surface area (Å²) in [5.74, 6) is 0. The molecule has 3 nitrogen and oxygen atoms in total. The van der Waals surface area contributed by atoms with Crippen molar-refractivity contribution >= 4 is 28.6 Å². The van der Waals surface area contributed by atoms with Gasteiger partial charge in [0, 0.05) is 43.7 Å². The van der Waals surface area contributed by atoms with Gasteiger partial charge >= 0.3 is 0 Å². The summed E-state index contributed by atoms with van der Waals surface area (Å²) in [4.78, 5) is 10.7. The first-order chi connectivity index (χ1) is 10.7. The third-order valence-corrected chi connectivity index (χ3v) is 5.39. The highest BCUT2D eigenvalue weighted by molar-refractivity contribution is 7.11. The van der Waals surface area contributed by atoms with E-state index < -0.39 is 0 Å². The third kappa shape index (κ3) is 4.00. The van der Waals surface area contributed by atoms with Gasteiger partial charge in [-0.25, -0.2) is 4.98 Å². The topological polar surface area (TPSA) is 19.4 Å². The van der Waals surface area contributed by atoms with Crippen LogP contribution in [0.15, 0.2) is 30.5 Å². The van der Waals surface area contributed by atoms with Gasteiger partial charge in [0.05, 0.1) is 15.7 Å². The molecule has 1 saturated heterocycles. The lowest BCUT2D eigenvalue weighted by Crippen LogP contribution is -2.46. The highest BCUT2D eigenvalue weighted by Crippen LogP contribution is 2.26. The van der Waals surface area contributed by atoms with E-state index in [-0.39, 0.29) is 0 Å². The second-order valence-electron chi connectivity index (χ2n) is 5.75. The van der Waals surface area contributed by atoms with Crippen LogP contribution in [0.2, 0.25) is 5.02 Å². The highest BCUT2D eigenvalue weighted by Gasteiger charge is 2.18. The lowest BCUT2D eigenvalue weighted by Gasteiger charge is -2.36. The largest absolute Gasteiger partial charge is 0.368 e. The summed E-state index contributed by atoms with van der Waals surface area (Å²) in [6.07, 6.45) is 4.27. The van der Waals surface area contributed by atoms with Crippen molar-refractivity contribution in [3.05, 3.63) is 45.4 Å². The van der Waals surface area contributed by atoms with Crippen molar-refractivity contribution in [2.75, 3.05) is 37.6 Å². The van der Waals surface area contributed by atoms with Crippen molar-refractivity contribution < 1.29 is 0 Å². The van der Waals surface area contributed by atoms with Crippen molar-refractivity contribution in [2.45, 2.75) is 19.8 Å². The number of nitrogens with zero attached hydrogens (tertiary/aromatic N) is 3. The minimum absolute atomic E-state index is 0.857. The summed E-state index contributed by atoms with van der Waals surface area (Å²) >= 11 is 8.11. The monoisotopic (exact) mass is 335 g/mol. The molecule has 0 amide bonds. The first-order valence-electron chi connectivity index (χ1n) is 7.85. The molecule has 1 aliphatic heterocycles. The molecule has 0 aliphatic carbocycles. The smallest absolute Gasteiger partial charge is 0.0928 e. The lowest BCUT2D eigenvalue weighted by atomic mass is 10.2. The fourth-order valence-corrected chi connectivity index (χ4v) is 3.98. The maximum absolute atomic E-state index is 6.29. The number of aryl methyl sites for hydroxylation is 2. The molecule has 0 radical (unpaired) electrons. The number of benzene rings is 1. The summed E-state index contributed by atoms with van der Waals surface area (Å²) in [5, 5.41) is 2.13. The molecule has 0 unspecified atom stereocenters. The molecule has 0 saturated carbocycles. The van der Waals surface area contributed by atoms with Crippen LogP contribution in [-0.4, -0.2) is 42.6 Å². The van der Waals surface area contributed by atoms with E-state index in [9.17, 15) is 0 Å². The molecule has 2 heterocycles. The Hall–Kier alpha value is -1.10. The van der Waals surface area contributed by atoms with Crippen molar-refractivity contribution in [3.8, 4) is 0 Å². The fourth-order valence-electron chi connectivity index (χ4n) is 2.89. The Balaban J connectivity index is 1.43. The summed E-state index contributed by atoms with van der Waals surface area (Å²) in [5.41, 5.74) is 1.17. The van der Waals surface area contributed by atoms with Crippen LogP contribution >= 0.6 is 22.9 Å². The van der Waals surface area contributed by atoms with E-state index >= 15 is 0 Å². The normalized spacial score (nSPS) is 16.2. The van der Waals surface area contributed by atoms with Gasteiger partial charge in [-0.15, -0.1) is 11.3 Å². The maximum Gasteiger partial charge on any atom is 0.0928 e. The zero-order valence-corrected chi connectivity index (χ0v) is 14.5. The van der Waals surface area contributed by atoms with Gasteiger partial charge in [-0.05, 0) is 32.0 Å². The van der Waals surface area contributed by atoms with Crippen LogP contribution in [0, 0.1) is 6.92 Å². The van der Waals surface area contributed by atoms with E-state index in [0.29, 0.717) is 0 Å². The van der Waals surface area contributed by atoms with Gasteiger partial charge in [0.2, 0.25) is 0 Å². The average Bonchev–Trinajstić information content (AvgIpc) is 2.94. The number of para-hydroxylation sites is 1. The van der Waals surface area contributed by atoms with Crippen LogP contribution in [0.1, 0.15) is 16.3 Å². The van der Waals surface area contributed by atoms with Gasteiger partial charge in [0.25, 0.3) is 0 Å². The minimum atomic E-state index is 0.857. The van der Waals surface area contributed by atoms with Crippen LogP contribution in [0.5, 0.6) is 0 Å². The Morgan fingerprint density at radius 1 is 1.18 bits per heavy atom. The molecule has 2 aromatic rings. The predicted molar refractivity (Wildman–Crippen MR) is 95.3 cm³/mol. The number of hydrogen-bond acceptors (Lipinski definition) is 4. The van der Waals surface area contributed by atoms with Crippen molar-refractivity contribution in [1.82, 2.24) is 9.88 Å². The molecule has 3 rings (SSSR count). The number of halogens is 1. The Morgan fingerprint density at radius 2 is 1.95 bits per heavy atom. The SMILES string of the molecule is Cc1cnc(CCCN2CCN(c3ccccc3Cl)CC2)s1. The molecule has 1 aliphatic rings. The third-order valence-electron chi connectivity index (χ3n) is 4.10. The second-order valence-corrected chi connectivity index (χ2v) is 7.47. The summed E-state index contributed by atoms with van der Waals surface area (Å²) in [6, 6.07) is 8.13. The first-order valence-corrected chi connectivity index (χ1v) is 9.05. The van der Waals surface area contributed by atoms with E-state index in [4.69, 9.17) is 11.6 Å². The van der Waals surface area contributed by atoms with E-state index in [0.717, 1.165) is 44.2 Å². The van der Waals surface area contributed by atoms with Gasteiger partial charge in [0.1, 0.15) is 0 Å². The van der Waals surface area contributed by atoms with Gasteiger partial charge in [-0.2, -0.15) is 0 Å². The number of rotatable bonds is 5. The van der Waals surface area contributed by atoms with Gasteiger partial charge in [-0.1, -0.05) is 23.7 Å². The minimum Gasteiger partial charge on any atom is -0.368 e. The van der Waals surface area contributed by atoms with Gasteiger partial charge < -0.3 is 4.90 Å². The highest BCUT2D eigenvalue weighted by atomic mass is 35.5. The van der Waals surface area contributed by atoms with Crippen LogP contribution in [0.3, 0.4) is 0 Å². The van der Waals surface area contributed by atoms with Crippen molar-refractivity contribution in [1.29, 1.82) is 0 Å². The zero-order chi connectivity index (χ0) is 15.4. The number of piperazine rings is 1. The standard InChI is InChI=1S/C17H22ClN3S/c1-14-13-19-17(22-14)7-4-8-20-9-11-21(12-10-20)16-6-3-2-5-15(16)18/h2-3,5-6,13H,4,7-12H2,1H3. The van der Waals surface area contributed by atoms with E-state index in [1.165, 1.54) is 22.0 Å². The Bertz CT molecular complexity index is 605. The summed E-state index contributed by atoms with van der Waals surface area (Å²) < 4.78 is 0. The van der Waals surface area contributed by atoms with Crippen LogP contribution in [0.4, 0.5) is 5.69 Å². The molecule has 0 atom stereocenters. The van der Waals surface area contributed by atoms with Crippen LogP contribution < -0.4 is 4.90 Å². The van der Waals surface area contributed by atoms with Crippen molar-refractivity contribution in [3.63, 3.8) is 0 Å². The Labute approximate surface area is 141 Å². The predicted octanol–water partition coefficient (Wildman–Crippen LogP) is 3.86. The lowest BCUT2D eigenvalue weighted by molar-refractivity contribution is 0.255. The quantitative estimate of drug-likeness (QED) is 0.827. The number of aromatic nitrogens is 1. The maximum atomic E-state index is 6.29. The van der Waals surface area contributed by atoms with Crippen LogP contribution in [0.25, 0.3) is 0 Å². The molecule has 22 heavy (non-hydrogen) atoms.